The van der Waals surface area contributed by atoms with Gasteiger partial charge in [0.1, 0.15) is 5.60 Å². The van der Waals surface area contributed by atoms with Crippen LogP contribution in [0.5, 0.6) is 0 Å². The van der Waals surface area contributed by atoms with E-state index in [1.54, 1.807) is 4.90 Å². The van der Waals surface area contributed by atoms with Crippen LogP contribution in [0.25, 0.3) is 0 Å². The van der Waals surface area contributed by atoms with E-state index in [1.807, 2.05) is 20.8 Å². The van der Waals surface area contributed by atoms with E-state index in [0.717, 1.165) is 26.1 Å². The minimum Gasteiger partial charge on any atom is -0.444 e. The number of rotatable bonds is 6. The van der Waals surface area contributed by atoms with E-state index in [2.05, 4.69) is 33.0 Å². The molecular weight excluding hydrogens is 240 g/mol. The van der Waals surface area contributed by atoms with Gasteiger partial charge in [-0.2, -0.15) is 0 Å². The Morgan fingerprint density at radius 1 is 1.11 bits per heavy atom. The molecule has 0 saturated heterocycles. The number of ether oxygens (including phenoxy) is 1. The lowest BCUT2D eigenvalue weighted by Crippen LogP contribution is -2.41. The topological polar surface area (TPSA) is 41.6 Å². The predicted octanol–water partition coefficient (Wildman–Crippen LogP) is 3.27. The molecule has 0 aliphatic heterocycles. The van der Waals surface area contributed by atoms with E-state index in [-0.39, 0.29) is 11.5 Å². The summed E-state index contributed by atoms with van der Waals surface area (Å²) in [4.78, 5) is 13.8. The predicted molar refractivity (Wildman–Crippen MR) is 80.4 cm³/mol. The van der Waals surface area contributed by atoms with Gasteiger partial charge in [-0.05, 0) is 32.6 Å². The molecule has 0 aliphatic rings. The molecule has 0 saturated carbocycles. The first-order valence-electron chi connectivity index (χ1n) is 7.24. The van der Waals surface area contributed by atoms with E-state index in [0.29, 0.717) is 6.54 Å². The highest BCUT2D eigenvalue weighted by Gasteiger charge is 2.21. The molecule has 0 unspecified atom stereocenters. The number of hydrogen-bond acceptors (Lipinski definition) is 3. The fraction of sp³-hybridized carbons (Fsp3) is 0.933. The maximum Gasteiger partial charge on any atom is 0.410 e. The minimum atomic E-state index is -0.429. The molecule has 4 nitrogen and oxygen atoms in total. The Hall–Kier alpha value is -0.770. The van der Waals surface area contributed by atoms with Crippen LogP contribution in [0.3, 0.4) is 0 Å². The number of carbonyl (C=O) groups is 1. The molecule has 0 fully saturated rings. The molecule has 114 valence electrons. The van der Waals surface area contributed by atoms with Crippen LogP contribution < -0.4 is 5.32 Å². The van der Waals surface area contributed by atoms with Crippen molar-refractivity contribution in [3.63, 3.8) is 0 Å². The van der Waals surface area contributed by atoms with Gasteiger partial charge in [0.05, 0.1) is 0 Å². The summed E-state index contributed by atoms with van der Waals surface area (Å²) in [7, 11) is 0. The van der Waals surface area contributed by atoms with Crippen LogP contribution in [0.15, 0.2) is 0 Å². The standard InChI is InChI=1S/C15H32N2O2/c1-8-10-17(13(18)19-15(5,6)7)11-9-16-12-14(2,3)4/h16H,8-12H2,1-7H3. The second-order valence-electron chi connectivity index (χ2n) is 7.20. The molecule has 4 heteroatoms. The third kappa shape index (κ3) is 10.8. The first kappa shape index (κ1) is 18.2. The summed E-state index contributed by atoms with van der Waals surface area (Å²) < 4.78 is 5.41. The van der Waals surface area contributed by atoms with Gasteiger partial charge in [0.15, 0.2) is 0 Å². The maximum atomic E-state index is 12.0. The first-order chi connectivity index (χ1) is 8.55. The summed E-state index contributed by atoms with van der Waals surface area (Å²) in [5, 5.41) is 3.38. The second kappa shape index (κ2) is 7.73. The van der Waals surface area contributed by atoms with E-state index >= 15 is 0 Å². The number of nitrogens with one attached hydrogen (secondary N) is 1. The second-order valence-corrected chi connectivity index (χ2v) is 7.20. The van der Waals surface area contributed by atoms with Crippen molar-refractivity contribution in [2.45, 2.75) is 60.5 Å². The van der Waals surface area contributed by atoms with E-state index in [4.69, 9.17) is 4.74 Å². The summed E-state index contributed by atoms with van der Waals surface area (Å²) in [6.07, 6.45) is 0.727. The van der Waals surface area contributed by atoms with Gasteiger partial charge in [-0.25, -0.2) is 4.79 Å². The van der Waals surface area contributed by atoms with E-state index < -0.39 is 5.60 Å². The summed E-state index contributed by atoms with van der Waals surface area (Å²) in [6.45, 7) is 17.5. The zero-order chi connectivity index (χ0) is 15.1. The van der Waals surface area contributed by atoms with Crippen LogP contribution in [0.1, 0.15) is 54.9 Å². The molecule has 0 aromatic heterocycles. The highest BCUT2D eigenvalue weighted by atomic mass is 16.6. The van der Waals surface area contributed by atoms with E-state index in [9.17, 15) is 4.79 Å². The third-order valence-electron chi connectivity index (χ3n) is 2.36. The molecule has 1 amide bonds. The van der Waals surface area contributed by atoms with Gasteiger partial charge in [0.2, 0.25) is 0 Å². The van der Waals surface area contributed by atoms with Crippen molar-refractivity contribution in [1.82, 2.24) is 10.2 Å². The molecule has 0 spiro atoms. The van der Waals surface area contributed by atoms with Gasteiger partial charge < -0.3 is 15.0 Å². The van der Waals surface area contributed by atoms with Crippen molar-refractivity contribution in [1.29, 1.82) is 0 Å². The molecule has 0 radical (unpaired) electrons. The Morgan fingerprint density at radius 2 is 1.68 bits per heavy atom. The lowest BCUT2D eigenvalue weighted by molar-refractivity contribution is 0.0251. The zero-order valence-corrected chi connectivity index (χ0v) is 13.8. The largest absolute Gasteiger partial charge is 0.444 e. The Labute approximate surface area is 118 Å². The molecule has 0 bridgehead atoms. The van der Waals surface area contributed by atoms with Crippen molar-refractivity contribution in [2.75, 3.05) is 26.2 Å². The SMILES string of the molecule is CCCN(CCNCC(C)(C)C)C(=O)OC(C)(C)C. The van der Waals surface area contributed by atoms with Crippen molar-refractivity contribution in [3.05, 3.63) is 0 Å². The monoisotopic (exact) mass is 272 g/mol. The minimum absolute atomic E-state index is 0.216. The lowest BCUT2D eigenvalue weighted by Gasteiger charge is -2.27. The number of hydrogen-bond donors (Lipinski definition) is 1. The first-order valence-corrected chi connectivity index (χ1v) is 7.24. The molecule has 0 rings (SSSR count). The fourth-order valence-corrected chi connectivity index (χ4v) is 1.57. The molecule has 1 N–H and O–H groups in total. The van der Waals surface area contributed by atoms with Crippen LogP contribution in [0, 0.1) is 5.41 Å². The normalized spacial score (nSPS) is 12.4. The molecule has 0 aliphatic carbocycles. The fourth-order valence-electron chi connectivity index (χ4n) is 1.57. The number of amides is 1. The molecule has 0 atom stereocenters. The van der Waals surface area contributed by atoms with Crippen LogP contribution in [0.4, 0.5) is 4.79 Å². The van der Waals surface area contributed by atoms with Crippen LogP contribution >= 0.6 is 0 Å². The Morgan fingerprint density at radius 3 is 2.11 bits per heavy atom. The van der Waals surface area contributed by atoms with Crippen LogP contribution in [-0.2, 0) is 4.74 Å². The molecule has 19 heavy (non-hydrogen) atoms. The average molecular weight is 272 g/mol. The van der Waals surface area contributed by atoms with Gasteiger partial charge in [-0.15, -0.1) is 0 Å². The van der Waals surface area contributed by atoms with Crippen molar-refractivity contribution in [2.24, 2.45) is 5.41 Å². The van der Waals surface area contributed by atoms with Gasteiger partial charge in [-0.1, -0.05) is 27.7 Å². The summed E-state index contributed by atoms with van der Waals surface area (Å²) >= 11 is 0. The highest BCUT2D eigenvalue weighted by Crippen LogP contribution is 2.11. The molecule has 0 aromatic rings. The summed E-state index contributed by atoms with van der Waals surface area (Å²) in [5.41, 5.74) is -0.163. The van der Waals surface area contributed by atoms with Gasteiger partial charge in [0, 0.05) is 26.2 Å². The zero-order valence-electron chi connectivity index (χ0n) is 13.8. The van der Waals surface area contributed by atoms with Crippen molar-refractivity contribution < 1.29 is 9.53 Å². The number of nitrogens with zero attached hydrogens (tertiary/aromatic N) is 1. The maximum absolute atomic E-state index is 12.0. The van der Waals surface area contributed by atoms with E-state index in [1.165, 1.54) is 0 Å². The molecule has 0 heterocycles. The molecule has 0 aromatic carbocycles. The Kier molecular flexibility index (Phi) is 7.42. The lowest BCUT2D eigenvalue weighted by atomic mass is 9.97. The van der Waals surface area contributed by atoms with Gasteiger partial charge in [0.25, 0.3) is 0 Å². The Balaban J connectivity index is 4.15. The quantitative estimate of drug-likeness (QED) is 0.755. The Bertz CT molecular complexity index is 264. The van der Waals surface area contributed by atoms with Gasteiger partial charge >= 0.3 is 6.09 Å². The van der Waals surface area contributed by atoms with Gasteiger partial charge in [-0.3, -0.25) is 0 Å². The van der Waals surface area contributed by atoms with Crippen LogP contribution in [0.2, 0.25) is 0 Å². The highest BCUT2D eigenvalue weighted by molar-refractivity contribution is 5.68. The smallest absolute Gasteiger partial charge is 0.410 e. The van der Waals surface area contributed by atoms with Crippen molar-refractivity contribution >= 4 is 6.09 Å². The van der Waals surface area contributed by atoms with Crippen molar-refractivity contribution in [3.8, 4) is 0 Å². The number of carbonyl (C=O) groups excluding carboxylic acids is 1. The summed E-state index contributed by atoms with van der Waals surface area (Å²) in [6, 6.07) is 0. The average Bonchev–Trinajstić information content (AvgIpc) is 2.18. The summed E-state index contributed by atoms with van der Waals surface area (Å²) in [5.74, 6) is 0. The third-order valence-corrected chi connectivity index (χ3v) is 2.36. The van der Waals surface area contributed by atoms with Crippen LogP contribution in [-0.4, -0.2) is 42.8 Å². The molecular formula is C15H32N2O2.